The van der Waals surface area contributed by atoms with E-state index in [0.717, 1.165) is 50.4 Å². The van der Waals surface area contributed by atoms with Crippen LogP contribution < -0.4 is 9.47 Å². The number of unbranched alkanes of at least 4 members (excludes halogenated alkanes) is 1. The van der Waals surface area contributed by atoms with E-state index in [-0.39, 0.29) is 18.4 Å². The molecule has 1 aliphatic heterocycles. The molecule has 2 rings (SSSR count). The summed E-state index contributed by atoms with van der Waals surface area (Å²) in [5, 5.41) is 0. The third kappa shape index (κ3) is 7.23. The summed E-state index contributed by atoms with van der Waals surface area (Å²) in [6, 6.07) is 7.97. The molecule has 1 saturated heterocycles. The molecule has 1 aromatic carbocycles. The highest BCUT2D eigenvalue weighted by Gasteiger charge is 2.21. The van der Waals surface area contributed by atoms with Crippen molar-refractivity contribution in [2.75, 3.05) is 26.3 Å². The maximum absolute atomic E-state index is 12.3. The van der Waals surface area contributed by atoms with Gasteiger partial charge in [-0.2, -0.15) is 0 Å². The number of rotatable bonds is 10. The lowest BCUT2D eigenvalue weighted by Gasteiger charge is -2.32. The van der Waals surface area contributed by atoms with Gasteiger partial charge in [-0.25, -0.2) is 0 Å². The molecule has 1 heterocycles. The van der Waals surface area contributed by atoms with Gasteiger partial charge in [0.1, 0.15) is 23.2 Å². The number of alkyl halides is 1. The van der Waals surface area contributed by atoms with E-state index in [4.69, 9.17) is 9.47 Å². The fourth-order valence-corrected chi connectivity index (χ4v) is 3.35. The van der Waals surface area contributed by atoms with Gasteiger partial charge in [0, 0.05) is 13.1 Å². The molecule has 0 N–H and O–H groups in total. The van der Waals surface area contributed by atoms with Crippen LogP contribution in [0.15, 0.2) is 24.3 Å². The summed E-state index contributed by atoms with van der Waals surface area (Å²) in [7, 11) is 0. The summed E-state index contributed by atoms with van der Waals surface area (Å²) in [4.78, 5) is 2.31. The first-order valence-electron chi connectivity index (χ1n) is 9.76. The molecule has 0 unspecified atom stereocenters. The van der Waals surface area contributed by atoms with Crippen molar-refractivity contribution in [3.05, 3.63) is 24.3 Å². The van der Waals surface area contributed by atoms with Crippen molar-refractivity contribution in [2.24, 2.45) is 0 Å². The predicted octanol–water partition coefficient (Wildman–Crippen LogP) is 5.24. The average Bonchev–Trinajstić information content (AvgIpc) is 2.60. The lowest BCUT2D eigenvalue weighted by Crippen LogP contribution is -2.41. The second-order valence-electron chi connectivity index (χ2n) is 7.66. The zero-order valence-electron chi connectivity index (χ0n) is 16.1. The zero-order chi connectivity index (χ0) is 18.1. The topological polar surface area (TPSA) is 21.7 Å². The smallest absolute Gasteiger partial charge is 0.120 e. The molecule has 0 aliphatic carbocycles. The molecule has 0 spiro atoms. The van der Waals surface area contributed by atoms with E-state index >= 15 is 0 Å². The number of ether oxygens (including phenoxy) is 2. The predicted molar refractivity (Wildman–Crippen MR) is 101 cm³/mol. The second-order valence-corrected chi connectivity index (χ2v) is 7.66. The summed E-state index contributed by atoms with van der Waals surface area (Å²) < 4.78 is 24.6. The molecule has 0 amide bonds. The first-order valence-corrected chi connectivity index (χ1v) is 9.76. The summed E-state index contributed by atoms with van der Waals surface area (Å²) >= 11 is 0. The molecular formula is C21H34FNO2. The highest BCUT2D eigenvalue weighted by atomic mass is 19.1. The Morgan fingerprint density at radius 2 is 1.88 bits per heavy atom. The summed E-state index contributed by atoms with van der Waals surface area (Å²) in [6.45, 7) is 9.02. The number of hydrogen-bond acceptors (Lipinski definition) is 3. The first-order chi connectivity index (χ1) is 12.0. The molecular weight excluding hydrogens is 317 g/mol. The van der Waals surface area contributed by atoms with Crippen molar-refractivity contribution in [3.8, 4) is 11.5 Å². The number of hydrogen-bond donors (Lipinski definition) is 0. The van der Waals surface area contributed by atoms with Crippen LogP contribution >= 0.6 is 0 Å². The maximum atomic E-state index is 12.3. The first kappa shape index (κ1) is 20.0. The molecule has 1 fully saturated rings. The van der Waals surface area contributed by atoms with Gasteiger partial charge in [0.2, 0.25) is 0 Å². The van der Waals surface area contributed by atoms with E-state index in [1.54, 1.807) is 0 Å². The van der Waals surface area contributed by atoms with Gasteiger partial charge in [-0.3, -0.25) is 9.29 Å². The van der Waals surface area contributed by atoms with Gasteiger partial charge in [0.05, 0.1) is 6.67 Å². The van der Waals surface area contributed by atoms with Crippen LogP contribution in [0.25, 0.3) is 0 Å². The van der Waals surface area contributed by atoms with Crippen LogP contribution in [0.1, 0.15) is 59.3 Å². The van der Waals surface area contributed by atoms with Gasteiger partial charge in [0.25, 0.3) is 0 Å². The lowest BCUT2D eigenvalue weighted by molar-refractivity contribution is 0.0854. The third-order valence-electron chi connectivity index (χ3n) is 4.72. The van der Waals surface area contributed by atoms with Crippen molar-refractivity contribution in [2.45, 2.75) is 71.0 Å². The highest BCUT2D eigenvalue weighted by Crippen LogP contribution is 2.26. The SMILES string of the molecule is CCCCC(C)(C)Oc1ccc(O[C@@H]2CCCN(CCCF)C2)cc1. The van der Waals surface area contributed by atoms with Gasteiger partial charge < -0.3 is 9.47 Å². The van der Waals surface area contributed by atoms with E-state index in [9.17, 15) is 4.39 Å². The molecule has 0 bridgehead atoms. The van der Waals surface area contributed by atoms with Crippen molar-refractivity contribution in [1.29, 1.82) is 0 Å². The van der Waals surface area contributed by atoms with Crippen LogP contribution in [0.5, 0.6) is 11.5 Å². The van der Waals surface area contributed by atoms with E-state index in [0.29, 0.717) is 6.42 Å². The number of halogens is 1. The molecule has 1 aromatic rings. The monoisotopic (exact) mass is 351 g/mol. The number of nitrogens with zero attached hydrogens (tertiary/aromatic N) is 1. The van der Waals surface area contributed by atoms with E-state index < -0.39 is 0 Å². The summed E-state index contributed by atoms with van der Waals surface area (Å²) in [5.41, 5.74) is -0.140. The molecule has 3 nitrogen and oxygen atoms in total. The fourth-order valence-electron chi connectivity index (χ4n) is 3.35. The van der Waals surface area contributed by atoms with Gasteiger partial charge in [-0.15, -0.1) is 0 Å². The Morgan fingerprint density at radius 1 is 1.16 bits per heavy atom. The summed E-state index contributed by atoms with van der Waals surface area (Å²) in [6.07, 6.45) is 6.41. The van der Waals surface area contributed by atoms with Crippen molar-refractivity contribution < 1.29 is 13.9 Å². The Balaban J connectivity index is 1.83. The molecule has 1 atom stereocenters. The molecule has 1 aliphatic rings. The Labute approximate surface area is 152 Å². The van der Waals surface area contributed by atoms with Crippen LogP contribution in [0, 0.1) is 0 Å². The number of piperidine rings is 1. The molecule has 142 valence electrons. The quantitative estimate of drug-likeness (QED) is 0.575. The molecule has 0 aromatic heterocycles. The van der Waals surface area contributed by atoms with Crippen LogP contribution in [0.2, 0.25) is 0 Å². The molecule has 0 radical (unpaired) electrons. The Bertz CT molecular complexity index is 489. The minimum absolute atomic E-state index is 0.140. The van der Waals surface area contributed by atoms with Crippen molar-refractivity contribution in [1.82, 2.24) is 4.90 Å². The largest absolute Gasteiger partial charge is 0.489 e. The van der Waals surface area contributed by atoms with Crippen LogP contribution in [0.4, 0.5) is 4.39 Å². The minimum Gasteiger partial charge on any atom is -0.489 e. The molecule has 0 saturated carbocycles. The Morgan fingerprint density at radius 3 is 2.56 bits per heavy atom. The van der Waals surface area contributed by atoms with Gasteiger partial charge >= 0.3 is 0 Å². The van der Waals surface area contributed by atoms with Crippen molar-refractivity contribution >= 4 is 0 Å². The average molecular weight is 352 g/mol. The van der Waals surface area contributed by atoms with E-state index in [1.807, 2.05) is 24.3 Å². The normalized spacial score (nSPS) is 19.0. The second kappa shape index (κ2) is 10.0. The van der Waals surface area contributed by atoms with Crippen molar-refractivity contribution in [3.63, 3.8) is 0 Å². The van der Waals surface area contributed by atoms with Crippen LogP contribution in [-0.4, -0.2) is 42.9 Å². The minimum atomic E-state index is -0.238. The standard InChI is InChI=1S/C21H34FNO2/c1-4-5-13-21(2,3)25-19-11-9-18(10-12-19)24-20-8-6-15-23(17-20)16-7-14-22/h9-12,20H,4-8,13-17H2,1-3H3/t20-/m1/s1. The molecule has 4 heteroatoms. The van der Waals surface area contributed by atoms with E-state index in [1.165, 1.54) is 12.8 Å². The highest BCUT2D eigenvalue weighted by molar-refractivity contribution is 5.31. The van der Waals surface area contributed by atoms with Crippen LogP contribution in [-0.2, 0) is 0 Å². The number of likely N-dealkylation sites (tertiary alicyclic amines) is 1. The van der Waals surface area contributed by atoms with Gasteiger partial charge in [-0.05, 0) is 76.8 Å². The number of benzene rings is 1. The van der Waals surface area contributed by atoms with Gasteiger partial charge in [0.15, 0.2) is 0 Å². The lowest BCUT2D eigenvalue weighted by atomic mass is 10.0. The Kier molecular flexibility index (Phi) is 8.01. The van der Waals surface area contributed by atoms with Crippen LogP contribution in [0.3, 0.4) is 0 Å². The maximum Gasteiger partial charge on any atom is 0.120 e. The fraction of sp³-hybridized carbons (Fsp3) is 0.714. The Hall–Kier alpha value is -1.29. The molecule has 25 heavy (non-hydrogen) atoms. The van der Waals surface area contributed by atoms with E-state index in [2.05, 4.69) is 25.7 Å². The van der Waals surface area contributed by atoms with Gasteiger partial charge in [-0.1, -0.05) is 13.3 Å². The third-order valence-corrected chi connectivity index (χ3v) is 4.72. The zero-order valence-corrected chi connectivity index (χ0v) is 16.1. The summed E-state index contributed by atoms with van der Waals surface area (Å²) in [5.74, 6) is 1.78.